The fourth-order valence-electron chi connectivity index (χ4n) is 2.97. The van der Waals surface area contributed by atoms with Gasteiger partial charge in [-0.15, -0.1) is 0 Å². The molecule has 0 saturated heterocycles. The van der Waals surface area contributed by atoms with Crippen LogP contribution in [0.4, 0.5) is 0 Å². The van der Waals surface area contributed by atoms with Gasteiger partial charge in [0.1, 0.15) is 17.7 Å². The first-order chi connectivity index (χ1) is 16.6. The summed E-state index contributed by atoms with van der Waals surface area (Å²) in [6, 6.07) is -0.381. The fraction of sp³-hybridized carbons (Fsp3) is 0.828. The van der Waals surface area contributed by atoms with Crippen LogP contribution in [-0.4, -0.2) is 52.8 Å². The highest BCUT2D eigenvalue weighted by Crippen LogP contribution is 2.10. The van der Waals surface area contributed by atoms with E-state index in [9.17, 15) is 24.0 Å². The highest BCUT2D eigenvalue weighted by Gasteiger charge is 2.19. The minimum absolute atomic E-state index is 0. The van der Waals surface area contributed by atoms with Gasteiger partial charge in [0.05, 0.1) is 6.04 Å². The highest BCUT2D eigenvalue weighted by molar-refractivity contribution is 5.89. The summed E-state index contributed by atoms with van der Waals surface area (Å²) in [6.07, 6.45) is 4.93. The van der Waals surface area contributed by atoms with Crippen LogP contribution >= 0.6 is 0 Å². The summed E-state index contributed by atoms with van der Waals surface area (Å²) >= 11 is 0. The zero-order chi connectivity index (χ0) is 28.8. The van der Waals surface area contributed by atoms with Crippen LogP contribution in [0, 0.1) is 17.8 Å². The molecule has 0 aromatic rings. The van der Waals surface area contributed by atoms with E-state index in [1.807, 2.05) is 27.7 Å². The van der Waals surface area contributed by atoms with Crippen LogP contribution in [0.25, 0.3) is 0 Å². The maximum Gasteiger partial charge on any atom is 0.217 e. The number of carbonyl (C=O) groups is 5. The van der Waals surface area contributed by atoms with E-state index in [1.54, 1.807) is 13.8 Å². The molecule has 0 radical (unpaired) electrons. The maximum absolute atomic E-state index is 12.1. The summed E-state index contributed by atoms with van der Waals surface area (Å²) < 4.78 is 0. The number of amides is 1. The molecule has 0 aromatic heterocycles. The van der Waals surface area contributed by atoms with Gasteiger partial charge in [-0.2, -0.15) is 0 Å². The van der Waals surface area contributed by atoms with Gasteiger partial charge in [0, 0.05) is 43.9 Å². The van der Waals surface area contributed by atoms with Crippen LogP contribution in [0.2, 0.25) is 0 Å². The summed E-state index contributed by atoms with van der Waals surface area (Å²) in [5.74, 6) is 0.373. The van der Waals surface area contributed by atoms with Crippen LogP contribution in [-0.2, 0) is 24.0 Å². The van der Waals surface area contributed by atoms with Crippen molar-refractivity contribution in [2.75, 3.05) is 6.54 Å². The van der Waals surface area contributed by atoms with Crippen molar-refractivity contribution in [1.82, 2.24) is 5.32 Å². The molecule has 0 aromatic carbocycles. The number of Topliss-reactive ketones (excluding diaryl/α,β-unsaturated/α-hetero) is 4. The normalized spacial score (nSPS) is 11.8. The van der Waals surface area contributed by atoms with Gasteiger partial charge in [0.15, 0.2) is 11.6 Å². The van der Waals surface area contributed by atoms with Crippen molar-refractivity contribution in [3.63, 3.8) is 0 Å². The summed E-state index contributed by atoms with van der Waals surface area (Å²) in [6.45, 7) is 16.6. The maximum atomic E-state index is 12.1. The number of nitrogens with one attached hydrogen (secondary N) is 1. The molecule has 0 saturated carbocycles. The molecule has 0 fully saturated rings. The number of carbonyl (C=O) groups excluding carboxylic acids is 5. The molecule has 0 aliphatic heterocycles. The lowest BCUT2D eigenvalue weighted by molar-refractivity contribution is -0.129. The van der Waals surface area contributed by atoms with Gasteiger partial charge in [0.25, 0.3) is 0 Å². The Kier molecular flexibility index (Phi) is 29.3. The third kappa shape index (κ3) is 26.9. The first-order valence-electron chi connectivity index (χ1n) is 13.4. The van der Waals surface area contributed by atoms with Crippen molar-refractivity contribution < 1.29 is 29.1 Å². The molecule has 1 amide bonds. The zero-order valence-electron chi connectivity index (χ0n) is 24.3. The van der Waals surface area contributed by atoms with E-state index >= 15 is 0 Å². The average Bonchev–Trinajstić information content (AvgIpc) is 2.78. The monoisotopic (exact) mass is 530 g/mol. The number of aliphatic hydroxyl groups excluding tert-OH is 1. The lowest BCUT2D eigenvalue weighted by Gasteiger charge is -2.16. The second-order valence-corrected chi connectivity index (χ2v) is 10.1. The molecule has 8 heteroatoms. The second kappa shape index (κ2) is 25.7. The Balaban J connectivity index is -0.000000264. The van der Waals surface area contributed by atoms with Gasteiger partial charge in [-0.1, -0.05) is 75.2 Å². The molecule has 0 bridgehead atoms. The summed E-state index contributed by atoms with van der Waals surface area (Å²) in [5.41, 5.74) is 5.15. The van der Waals surface area contributed by atoms with Crippen molar-refractivity contribution in [2.45, 2.75) is 133 Å². The number of rotatable bonds is 16. The molecule has 2 unspecified atom stereocenters. The van der Waals surface area contributed by atoms with E-state index in [1.165, 1.54) is 13.8 Å². The number of nitrogens with two attached hydrogens (primary N) is 1. The van der Waals surface area contributed by atoms with Gasteiger partial charge in [-0.05, 0) is 26.3 Å². The predicted molar refractivity (Wildman–Crippen MR) is 152 cm³/mol. The number of unbranched alkanes of at least 4 members (excludes halogenated alkanes) is 2. The Hall–Kier alpha value is -1.93. The number of hydrogen-bond acceptors (Lipinski definition) is 7. The molecule has 2 atom stereocenters. The first kappa shape index (κ1) is 42.2. The van der Waals surface area contributed by atoms with Gasteiger partial charge in [0.2, 0.25) is 5.91 Å². The molecule has 0 heterocycles. The Morgan fingerprint density at radius 3 is 1.49 bits per heavy atom. The van der Waals surface area contributed by atoms with Crippen molar-refractivity contribution in [1.29, 1.82) is 0 Å². The zero-order valence-corrected chi connectivity index (χ0v) is 24.3. The van der Waals surface area contributed by atoms with E-state index in [2.05, 4.69) is 12.2 Å². The van der Waals surface area contributed by atoms with E-state index in [4.69, 9.17) is 10.8 Å². The molecular formula is C29H58N2O6. The lowest BCUT2D eigenvalue weighted by Crippen LogP contribution is -2.39. The summed E-state index contributed by atoms with van der Waals surface area (Å²) in [7, 11) is 0. The molecule has 0 spiro atoms. The lowest BCUT2D eigenvalue weighted by atomic mass is 9.98. The highest BCUT2D eigenvalue weighted by atomic mass is 16.3. The molecule has 0 aliphatic rings. The van der Waals surface area contributed by atoms with Gasteiger partial charge in [-0.25, -0.2) is 0 Å². The third-order valence-electron chi connectivity index (χ3n) is 5.37. The van der Waals surface area contributed by atoms with Crippen LogP contribution in [0.3, 0.4) is 0 Å². The van der Waals surface area contributed by atoms with E-state index in [-0.39, 0.29) is 60.3 Å². The van der Waals surface area contributed by atoms with Crippen molar-refractivity contribution in [3.05, 3.63) is 0 Å². The Morgan fingerprint density at radius 2 is 1.19 bits per heavy atom. The third-order valence-corrected chi connectivity index (χ3v) is 5.37. The van der Waals surface area contributed by atoms with Crippen molar-refractivity contribution in [3.8, 4) is 0 Å². The molecule has 0 rings (SSSR count). The Bertz CT molecular complexity index is 632. The summed E-state index contributed by atoms with van der Waals surface area (Å²) in [4.78, 5) is 56.0. The minimum atomic E-state index is -0.796. The molecular weight excluding hydrogens is 472 g/mol. The van der Waals surface area contributed by atoms with Crippen LogP contribution in [0.5, 0.6) is 0 Å². The smallest absolute Gasteiger partial charge is 0.217 e. The number of hydrogen-bond donors (Lipinski definition) is 3. The largest absolute Gasteiger partial charge is 0.386 e. The minimum Gasteiger partial charge on any atom is -0.386 e. The van der Waals surface area contributed by atoms with E-state index in [0.717, 1.165) is 19.3 Å². The van der Waals surface area contributed by atoms with Crippen LogP contribution < -0.4 is 11.1 Å². The van der Waals surface area contributed by atoms with Crippen molar-refractivity contribution in [2.24, 2.45) is 23.5 Å². The quantitative estimate of drug-likeness (QED) is 0.243. The molecule has 4 N–H and O–H groups in total. The number of aliphatic hydroxyl groups is 1. The number of ketones is 4. The Morgan fingerprint density at radius 1 is 0.730 bits per heavy atom. The topological polar surface area (TPSA) is 144 Å². The fourth-order valence-corrected chi connectivity index (χ4v) is 2.97. The first-order valence-corrected chi connectivity index (χ1v) is 13.4. The predicted octanol–water partition coefficient (Wildman–Crippen LogP) is 4.82. The van der Waals surface area contributed by atoms with E-state index in [0.29, 0.717) is 38.6 Å². The molecule has 8 nitrogen and oxygen atoms in total. The van der Waals surface area contributed by atoms with Gasteiger partial charge in [-0.3, -0.25) is 24.0 Å². The molecule has 220 valence electrons. The average molecular weight is 531 g/mol. The van der Waals surface area contributed by atoms with Crippen LogP contribution in [0.15, 0.2) is 0 Å². The van der Waals surface area contributed by atoms with Gasteiger partial charge >= 0.3 is 0 Å². The van der Waals surface area contributed by atoms with E-state index < -0.39 is 6.10 Å². The standard InChI is InChI=1S/C16H29NO3.C6H13NO.C6H12O2.CH4/c1-5-6-7-9-14(17-13(4)18)16(20)11-8-10-15(19)12(2)3;1-5(2)6(8)3-4-7;1-4(2)6(8)5(3)7;/h12,14H,5-11H2,1-4H3,(H,17,18);5H,3-4,7H2,1-2H3;4-5,7H,1-3H3;1H4. The molecule has 37 heavy (non-hydrogen) atoms. The molecule has 0 aliphatic carbocycles. The van der Waals surface area contributed by atoms with Gasteiger partial charge < -0.3 is 16.2 Å². The SMILES string of the molecule is C.CC(C)C(=O)C(C)O.CC(C)C(=O)CCN.CCCCCC(NC(C)=O)C(=O)CCCC(=O)C(C)C. The van der Waals surface area contributed by atoms with Crippen LogP contribution in [0.1, 0.15) is 121 Å². The second-order valence-electron chi connectivity index (χ2n) is 10.1. The Labute approximate surface area is 226 Å². The summed E-state index contributed by atoms with van der Waals surface area (Å²) in [5, 5.41) is 11.4. The van der Waals surface area contributed by atoms with Crippen molar-refractivity contribution >= 4 is 29.0 Å².